The van der Waals surface area contributed by atoms with E-state index in [0.29, 0.717) is 13.0 Å². The number of allylic oxidation sites excluding steroid dienone is 10. The van der Waals surface area contributed by atoms with E-state index in [1.54, 1.807) is 6.92 Å². The Morgan fingerprint density at radius 3 is 1.35 bits per heavy atom. The molecule has 0 radical (unpaired) electrons. The van der Waals surface area contributed by atoms with Gasteiger partial charge in [0.25, 0.3) is 0 Å². The van der Waals surface area contributed by atoms with E-state index >= 15 is 0 Å². The zero-order valence-corrected chi connectivity index (χ0v) is 23.3. The lowest BCUT2D eigenvalue weighted by Gasteiger charge is -2.10. The van der Waals surface area contributed by atoms with Crippen LogP contribution in [0.4, 0.5) is 0 Å². The van der Waals surface area contributed by atoms with E-state index in [9.17, 15) is 9.59 Å². The van der Waals surface area contributed by atoms with Gasteiger partial charge in [0.05, 0.1) is 6.61 Å². The smallest absolute Gasteiger partial charge is 0.316 e. The molecule has 0 aromatic carbocycles. The van der Waals surface area contributed by atoms with Crippen LogP contribution in [0.3, 0.4) is 0 Å². The van der Waals surface area contributed by atoms with Crippen molar-refractivity contribution in [1.29, 1.82) is 0 Å². The Balaban J connectivity index is 4.33. The number of carbonyl (C=O) groups excluding carboxylic acids is 2. The largest absolute Gasteiger partial charge is 0.465 e. The van der Waals surface area contributed by atoms with Crippen LogP contribution in [-0.2, 0) is 14.3 Å². The molecule has 0 aliphatic carbocycles. The molecule has 0 aliphatic rings. The highest BCUT2D eigenvalue weighted by Crippen LogP contribution is 2.16. The molecule has 0 spiro atoms. The molecule has 0 N–H and O–H groups in total. The molecule has 0 bridgehead atoms. The number of ether oxygens (including phenoxy) is 1. The first-order chi connectivity index (χ1) is 16.1. The maximum absolute atomic E-state index is 11.9. The van der Waals surface area contributed by atoms with Crippen LogP contribution in [0.1, 0.15) is 113 Å². The molecule has 0 saturated heterocycles. The summed E-state index contributed by atoms with van der Waals surface area (Å²) in [5.41, 5.74) is 6.99. The molecule has 0 aromatic heterocycles. The van der Waals surface area contributed by atoms with Gasteiger partial charge in [-0.3, -0.25) is 9.59 Å². The molecule has 0 saturated carbocycles. The van der Waals surface area contributed by atoms with Gasteiger partial charge in [0.2, 0.25) is 0 Å². The average molecular weight is 471 g/mol. The van der Waals surface area contributed by atoms with Crippen molar-refractivity contribution in [2.45, 2.75) is 113 Å². The van der Waals surface area contributed by atoms with Crippen LogP contribution < -0.4 is 0 Å². The molecule has 1 unspecified atom stereocenters. The lowest BCUT2D eigenvalue weighted by Crippen LogP contribution is -2.23. The Morgan fingerprint density at radius 1 is 0.618 bits per heavy atom. The standard InChI is InChI=1S/C31H50O3/c1-9-34-31(33)30(29(8)32)23-22-28(7)21-13-20-27(6)19-12-18-26(5)17-11-16-25(4)15-10-14-24(2)3/h14,16,18,20,22,30H,9-13,15,17,19,21,23H2,1-8H3/b25-16+,26-18+,27-20+,28-22+. The van der Waals surface area contributed by atoms with Crippen LogP contribution in [0.15, 0.2) is 58.2 Å². The highest BCUT2D eigenvalue weighted by atomic mass is 16.5. The summed E-state index contributed by atoms with van der Waals surface area (Å²) in [6.07, 6.45) is 20.5. The minimum absolute atomic E-state index is 0.132. The fourth-order valence-electron chi connectivity index (χ4n) is 3.63. The minimum Gasteiger partial charge on any atom is -0.465 e. The van der Waals surface area contributed by atoms with Gasteiger partial charge in [-0.1, -0.05) is 58.2 Å². The normalized spacial score (nSPS) is 14.1. The summed E-state index contributed by atoms with van der Waals surface area (Å²) in [7, 11) is 0. The first-order valence-corrected chi connectivity index (χ1v) is 13.0. The predicted molar refractivity (Wildman–Crippen MR) is 147 cm³/mol. The van der Waals surface area contributed by atoms with Crippen LogP contribution in [0.5, 0.6) is 0 Å². The SMILES string of the molecule is CCOC(=O)C(C/C=C(\C)CC/C=C(\C)CC/C=C(\C)CC/C=C(\C)CCC=C(C)C)C(C)=O. The van der Waals surface area contributed by atoms with Gasteiger partial charge in [0.1, 0.15) is 11.7 Å². The van der Waals surface area contributed by atoms with Gasteiger partial charge in [0, 0.05) is 0 Å². The molecular formula is C31H50O3. The third-order valence-electron chi connectivity index (χ3n) is 5.95. The molecule has 0 aromatic rings. The van der Waals surface area contributed by atoms with Crippen molar-refractivity contribution in [2.75, 3.05) is 6.61 Å². The summed E-state index contributed by atoms with van der Waals surface area (Å²) >= 11 is 0. The van der Waals surface area contributed by atoms with Crippen LogP contribution in [0.25, 0.3) is 0 Å². The van der Waals surface area contributed by atoms with Gasteiger partial charge in [-0.2, -0.15) is 0 Å². The van der Waals surface area contributed by atoms with Gasteiger partial charge in [0.15, 0.2) is 0 Å². The summed E-state index contributed by atoms with van der Waals surface area (Å²) in [4.78, 5) is 23.6. The van der Waals surface area contributed by atoms with Crippen molar-refractivity contribution in [3.05, 3.63) is 58.2 Å². The van der Waals surface area contributed by atoms with Crippen molar-refractivity contribution >= 4 is 11.8 Å². The average Bonchev–Trinajstić information content (AvgIpc) is 2.73. The second-order valence-corrected chi connectivity index (χ2v) is 9.79. The van der Waals surface area contributed by atoms with E-state index in [1.807, 2.05) is 6.08 Å². The monoisotopic (exact) mass is 470 g/mol. The van der Waals surface area contributed by atoms with Crippen LogP contribution >= 0.6 is 0 Å². The van der Waals surface area contributed by atoms with Crippen molar-refractivity contribution in [2.24, 2.45) is 5.92 Å². The Kier molecular flexibility index (Phi) is 18.0. The van der Waals surface area contributed by atoms with Gasteiger partial charge in [-0.05, 0) is 113 Å². The molecule has 0 aliphatic heterocycles. The molecule has 0 rings (SSSR count). The van der Waals surface area contributed by atoms with E-state index in [4.69, 9.17) is 4.74 Å². The van der Waals surface area contributed by atoms with Gasteiger partial charge in [-0.15, -0.1) is 0 Å². The predicted octanol–water partition coefficient (Wildman–Crippen LogP) is 9.02. The fourth-order valence-corrected chi connectivity index (χ4v) is 3.63. The third kappa shape index (κ3) is 17.3. The molecule has 1 atom stereocenters. The minimum atomic E-state index is -0.677. The highest BCUT2D eigenvalue weighted by Gasteiger charge is 2.23. The molecule has 0 fully saturated rings. The van der Waals surface area contributed by atoms with E-state index < -0.39 is 11.9 Å². The molecule has 34 heavy (non-hydrogen) atoms. The fraction of sp³-hybridized carbons (Fsp3) is 0.613. The zero-order valence-electron chi connectivity index (χ0n) is 23.3. The molecule has 0 heterocycles. The lowest BCUT2D eigenvalue weighted by atomic mass is 9.98. The van der Waals surface area contributed by atoms with Crippen molar-refractivity contribution < 1.29 is 14.3 Å². The first kappa shape index (κ1) is 31.8. The molecular weight excluding hydrogens is 420 g/mol. The molecule has 3 heteroatoms. The number of hydrogen-bond donors (Lipinski definition) is 0. The second-order valence-electron chi connectivity index (χ2n) is 9.79. The Bertz CT molecular complexity index is 770. The Morgan fingerprint density at radius 2 is 1.00 bits per heavy atom. The van der Waals surface area contributed by atoms with E-state index in [2.05, 4.69) is 65.8 Å². The summed E-state index contributed by atoms with van der Waals surface area (Å²) in [6.45, 7) is 16.6. The number of esters is 1. The molecule has 0 amide bonds. The maximum Gasteiger partial charge on any atom is 0.316 e. The van der Waals surface area contributed by atoms with Gasteiger partial charge >= 0.3 is 5.97 Å². The summed E-state index contributed by atoms with van der Waals surface area (Å²) in [5, 5.41) is 0. The number of carbonyl (C=O) groups is 2. The van der Waals surface area contributed by atoms with Crippen molar-refractivity contribution in [3.8, 4) is 0 Å². The second kappa shape index (κ2) is 19.2. The van der Waals surface area contributed by atoms with Gasteiger partial charge in [-0.25, -0.2) is 0 Å². The number of hydrogen-bond acceptors (Lipinski definition) is 3. The lowest BCUT2D eigenvalue weighted by molar-refractivity contribution is -0.150. The summed E-state index contributed by atoms with van der Waals surface area (Å²) < 4.78 is 5.01. The van der Waals surface area contributed by atoms with E-state index in [1.165, 1.54) is 34.8 Å². The number of rotatable bonds is 17. The first-order valence-electron chi connectivity index (χ1n) is 13.0. The summed E-state index contributed by atoms with van der Waals surface area (Å²) in [5.74, 6) is -1.22. The van der Waals surface area contributed by atoms with Gasteiger partial charge < -0.3 is 4.74 Å². The Hall–Kier alpha value is -2.16. The number of Topliss-reactive ketones (excluding diaryl/α,β-unsaturated/α-hetero) is 1. The van der Waals surface area contributed by atoms with E-state index in [-0.39, 0.29) is 5.78 Å². The summed E-state index contributed by atoms with van der Waals surface area (Å²) in [6, 6.07) is 0. The third-order valence-corrected chi connectivity index (χ3v) is 5.95. The highest BCUT2D eigenvalue weighted by molar-refractivity contribution is 5.97. The van der Waals surface area contributed by atoms with E-state index in [0.717, 1.165) is 51.4 Å². The van der Waals surface area contributed by atoms with Crippen LogP contribution in [0, 0.1) is 5.92 Å². The van der Waals surface area contributed by atoms with Crippen molar-refractivity contribution in [3.63, 3.8) is 0 Å². The van der Waals surface area contributed by atoms with Crippen LogP contribution in [-0.4, -0.2) is 18.4 Å². The quantitative estimate of drug-likeness (QED) is 0.121. The zero-order chi connectivity index (χ0) is 25.9. The topological polar surface area (TPSA) is 43.4 Å². The molecule has 192 valence electrons. The maximum atomic E-state index is 11.9. The van der Waals surface area contributed by atoms with Crippen LogP contribution in [0.2, 0.25) is 0 Å². The Labute approximate surface area is 210 Å². The molecule has 3 nitrogen and oxygen atoms in total. The van der Waals surface area contributed by atoms with Crippen molar-refractivity contribution in [1.82, 2.24) is 0 Å². The number of ketones is 1.